The average Bonchev–Trinajstić information content (AvgIpc) is 2.81. The predicted molar refractivity (Wildman–Crippen MR) is 123 cm³/mol. The Morgan fingerprint density at radius 2 is 1.23 bits per heavy atom. The molecular weight excluding hydrogens is 408 g/mol. The van der Waals surface area contributed by atoms with E-state index in [-0.39, 0.29) is 11.5 Å². The van der Waals surface area contributed by atoms with E-state index in [4.69, 9.17) is 14.2 Å². The standard InChI is InChI=1S/C26H28O4S/c1-19-23(27)24(28-17-20-11-5-2-6-12-20)25(29-18-21-13-7-3-8-14-21)26(30-19)31-22-15-9-4-10-16-22/h2-16,19,23-27H,17-18H2,1H3/t19-,23-,24+,25+,26-/m0/s1. The number of ether oxygens (including phenoxy) is 3. The molecule has 4 nitrogen and oxygen atoms in total. The van der Waals surface area contributed by atoms with Crippen LogP contribution in [0.5, 0.6) is 0 Å². The van der Waals surface area contributed by atoms with Crippen LogP contribution in [0, 0.1) is 0 Å². The van der Waals surface area contributed by atoms with Gasteiger partial charge in [0.25, 0.3) is 0 Å². The molecule has 1 heterocycles. The molecule has 0 spiro atoms. The molecule has 0 unspecified atom stereocenters. The van der Waals surface area contributed by atoms with Crippen LogP contribution in [-0.2, 0) is 27.4 Å². The number of aliphatic hydroxyl groups is 1. The number of aliphatic hydroxyl groups excluding tert-OH is 1. The summed E-state index contributed by atoms with van der Waals surface area (Å²) in [5.74, 6) is 0. The number of benzene rings is 3. The summed E-state index contributed by atoms with van der Waals surface area (Å²) in [5.41, 5.74) is 1.83. The smallest absolute Gasteiger partial charge is 0.136 e. The Morgan fingerprint density at radius 3 is 1.77 bits per heavy atom. The number of rotatable bonds is 8. The summed E-state index contributed by atoms with van der Waals surface area (Å²) in [6.07, 6.45) is -2.08. The van der Waals surface area contributed by atoms with Crippen LogP contribution in [0.2, 0.25) is 0 Å². The van der Waals surface area contributed by atoms with Crippen LogP contribution in [0.1, 0.15) is 18.1 Å². The summed E-state index contributed by atoms with van der Waals surface area (Å²) >= 11 is 1.60. The van der Waals surface area contributed by atoms with Crippen molar-refractivity contribution in [3.05, 3.63) is 102 Å². The highest BCUT2D eigenvalue weighted by atomic mass is 32.2. The van der Waals surface area contributed by atoms with Gasteiger partial charge in [-0.1, -0.05) is 90.6 Å². The summed E-state index contributed by atoms with van der Waals surface area (Å²) in [7, 11) is 0. The summed E-state index contributed by atoms with van der Waals surface area (Å²) in [5, 5.41) is 10.9. The lowest BCUT2D eigenvalue weighted by atomic mass is 10.00. The Hall–Kier alpha value is -2.15. The molecule has 1 aliphatic rings. The van der Waals surface area contributed by atoms with Crippen molar-refractivity contribution in [3.8, 4) is 0 Å². The van der Waals surface area contributed by atoms with E-state index in [2.05, 4.69) is 12.1 Å². The second-order valence-corrected chi connectivity index (χ2v) is 8.83. The van der Waals surface area contributed by atoms with Crippen molar-refractivity contribution in [2.75, 3.05) is 0 Å². The van der Waals surface area contributed by atoms with Gasteiger partial charge < -0.3 is 19.3 Å². The van der Waals surface area contributed by atoms with Crippen molar-refractivity contribution in [3.63, 3.8) is 0 Å². The highest BCUT2D eigenvalue weighted by Crippen LogP contribution is 2.36. The van der Waals surface area contributed by atoms with Gasteiger partial charge in [0.15, 0.2) is 0 Å². The topological polar surface area (TPSA) is 47.9 Å². The first kappa shape index (κ1) is 22.1. The number of hydrogen-bond donors (Lipinski definition) is 1. The maximum Gasteiger partial charge on any atom is 0.136 e. The lowest BCUT2D eigenvalue weighted by Crippen LogP contribution is -2.57. The summed E-state index contributed by atoms with van der Waals surface area (Å²) in [4.78, 5) is 1.09. The van der Waals surface area contributed by atoms with Crippen molar-refractivity contribution in [2.24, 2.45) is 0 Å². The van der Waals surface area contributed by atoms with Crippen molar-refractivity contribution in [1.29, 1.82) is 0 Å². The largest absolute Gasteiger partial charge is 0.388 e. The zero-order valence-electron chi connectivity index (χ0n) is 17.5. The molecule has 0 radical (unpaired) electrons. The van der Waals surface area contributed by atoms with E-state index in [1.54, 1.807) is 11.8 Å². The lowest BCUT2D eigenvalue weighted by Gasteiger charge is -2.43. The van der Waals surface area contributed by atoms with Crippen molar-refractivity contribution in [2.45, 2.75) is 54.9 Å². The Labute approximate surface area is 188 Å². The molecule has 0 saturated carbocycles. The van der Waals surface area contributed by atoms with E-state index >= 15 is 0 Å². The fourth-order valence-electron chi connectivity index (χ4n) is 3.61. The maximum absolute atomic E-state index is 10.9. The Kier molecular flexibility index (Phi) is 7.78. The molecule has 1 aliphatic heterocycles. The van der Waals surface area contributed by atoms with Crippen molar-refractivity contribution < 1.29 is 19.3 Å². The van der Waals surface area contributed by atoms with Crippen molar-refractivity contribution >= 4 is 11.8 Å². The van der Waals surface area contributed by atoms with Gasteiger partial charge in [-0.2, -0.15) is 0 Å². The molecule has 1 saturated heterocycles. The number of hydrogen-bond acceptors (Lipinski definition) is 5. The van der Waals surface area contributed by atoms with Crippen LogP contribution in [0.4, 0.5) is 0 Å². The van der Waals surface area contributed by atoms with Crippen LogP contribution >= 0.6 is 11.8 Å². The Balaban J connectivity index is 1.54. The first-order valence-corrected chi connectivity index (χ1v) is 11.4. The molecule has 1 N–H and O–H groups in total. The quantitative estimate of drug-likeness (QED) is 0.535. The highest BCUT2D eigenvalue weighted by Gasteiger charge is 2.45. The third-order valence-electron chi connectivity index (χ3n) is 5.32. The van der Waals surface area contributed by atoms with E-state index in [0.717, 1.165) is 16.0 Å². The minimum absolute atomic E-state index is 0.301. The molecule has 4 rings (SSSR count). The van der Waals surface area contributed by atoms with E-state index in [0.29, 0.717) is 13.2 Å². The molecule has 0 bridgehead atoms. The fraction of sp³-hybridized carbons (Fsp3) is 0.308. The third kappa shape index (κ3) is 5.97. The van der Waals surface area contributed by atoms with Gasteiger partial charge in [-0.25, -0.2) is 0 Å². The summed E-state index contributed by atoms with van der Waals surface area (Å²) in [6, 6.07) is 30.1. The second kappa shape index (κ2) is 10.9. The van der Waals surface area contributed by atoms with Crippen LogP contribution in [0.25, 0.3) is 0 Å². The van der Waals surface area contributed by atoms with Crippen LogP contribution in [-0.4, -0.2) is 35.0 Å². The molecule has 0 aromatic heterocycles. The van der Waals surface area contributed by atoms with Crippen LogP contribution in [0.15, 0.2) is 95.9 Å². The zero-order chi connectivity index (χ0) is 21.5. The van der Waals surface area contributed by atoms with Gasteiger partial charge in [0.05, 0.1) is 19.3 Å². The van der Waals surface area contributed by atoms with Gasteiger partial charge in [-0.3, -0.25) is 0 Å². The van der Waals surface area contributed by atoms with E-state index in [1.807, 2.05) is 85.8 Å². The van der Waals surface area contributed by atoms with Gasteiger partial charge in [0, 0.05) is 4.90 Å². The zero-order valence-corrected chi connectivity index (χ0v) is 18.4. The molecule has 0 amide bonds. The maximum atomic E-state index is 10.9. The Bertz CT molecular complexity index is 906. The highest BCUT2D eigenvalue weighted by molar-refractivity contribution is 7.99. The predicted octanol–water partition coefficient (Wildman–Crippen LogP) is 5.06. The summed E-state index contributed by atoms with van der Waals surface area (Å²) in [6.45, 7) is 2.71. The van der Waals surface area contributed by atoms with E-state index < -0.39 is 18.3 Å². The van der Waals surface area contributed by atoms with Gasteiger partial charge in [-0.05, 0) is 30.2 Å². The minimum atomic E-state index is -0.780. The van der Waals surface area contributed by atoms with Crippen molar-refractivity contribution in [1.82, 2.24) is 0 Å². The molecule has 3 aromatic carbocycles. The average molecular weight is 437 g/mol. The second-order valence-electron chi connectivity index (χ2n) is 7.65. The SMILES string of the molecule is C[C@@H]1O[C@@H](Sc2ccccc2)[C@H](OCc2ccccc2)[C@H](OCc2ccccc2)[C@H]1O. The van der Waals surface area contributed by atoms with E-state index in [9.17, 15) is 5.11 Å². The summed E-state index contributed by atoms with van der Waals surface area (Å²) < 4.78 is 18.8. The monoisotopic (exact) mass is 436 g/mol. The van der Waals surface area contributed by atoms with Gasteiger partial charge in [0.1, 0.15) is 23.7 Å². The van der Waals surface area contributed by atoms with E-state index in [1.165, 1.54) is 0 Å². The van der Waals surface area contributed by atoms with Crippen LogP contribution < -0.4 is 0 Å². The first-order valence-electron chi connectivity index (χ1n) is 10.6. The van der Waals surface area contributed by atoms with Gasteiger partial charge in [0.2, 0.25) is 0 Å². The van der Waals surface area contributed by atoms with Gasteiger partial charge >= 0.3 is 0 Å². The lowest BCUT2D eigenvalue weighted by molar-refractivity contribution is -0.228. The van der Waals surface area contributed by atoms with Crippen LogP contribution in [0.3, 0.4) is 0 Å². The molecular formula is C26H28O4S. The van der Waals surface area contributed by atoms with Gasteiger partial charge in [-0.15, -0.1) is 0 Å². The molecule has 3 aromatic rings. The molecule has 0 aliphatic carbocycles. The third-order valence-corrected chi connectivity index (χ3v) is 6.48. The molecule has 162 valence electrons. The molecule has 31 heavy (non-hydrogen) atoms. The Morgan fingerprint density at radius 1 is 0.742 bits per heavy atom. The number of thioether (sulfide) groups is 1. The minimum Gasteiger partial charge on any atom is -0.388 e. The molecule has 5 heteroatoms. The normalized spacial score (nSPS) is 25.9. The molecule has 1 fully saturated rings. The fourth-order valence-corrected chi connectivity index (χ4v) is 4.79. The first-order chi connectivity index (χ1) is 15.2. The molecule has 5 atom stereocenters.